The fourth-order valence-electron chi connectivity index (χ4n) is 0.729. The van der Waals surface area contributed by atoms with Gasteiger partial charge in [0.15, 0.2) is 0 Å². The van der Waals surface area contributed by atoms with Gasteiger partial charge in [-0.3, -0.25) is 9.59 Å². The molecule has 0 saturated heterocycles. The van der Waals surface area contributed by atoms with E-state index in [9.17, 15) is 9.59 Å². The summed E-state index contributed by atoms with van der Waals surface area (Å²) in [6.45, 7) is 0. The number of hydrogen-bond acceptors (Lipinski definition) is 2. The molecule has 0 rings (SSSR count). The van der Waals surface area contributed by atoms with Crippen molar-refractivity contribution in [3.8, 4) is 0 Å². The van der Waals surface area contributed by atoms with Gasteiger partial charge in [0.25, 0.3) is 0 Å². The molecule has 0 heterocycles. The third kappa shape index (κ3) is 12.5. The summed E-state index contributed by atoms with van der Waals surface area (Å²) in [5.41, 5.74) is 0. The summed E-state index contributed by atoms with van der Waals surface area (Å²) in [5.74, 6) is -1.64. The Morgan fingerprint density at radius 2 is 1.17 bits per heavy atom. The summed E-state index contributed by atoms with van der Waals surface area (Å²) in [6, 6.07) is 0. The largest absolute Gasteiger partial charge is 0.481 e. The Morgan fingerprint density at radius 3 is 1.42 bits per heavy atom. The molecule has 0 aromatic rings. The van der Waals surface area contributed by atoms with Crippen LogP contribution in [0.25, 0.3) is 0 Å². The van der Waals surface area contributed by atoms with Gasteiger partial charge in [0.05, 0.1) is 0 Å². The molecule has 0 radical (unpaired) electrons. The summed E-state index contributed by atoms with van der Waals surface area (Å²) >= 11 is 0. The van der Waals surface area contributed by atoms with Gasteiger partial charge in [-0.15, -0.1) is 0 Å². The second-order valence-electron chi connectivity index (χ2n) is 2.35. The van der Waals surface area contributed by atoms with E-state index in [4.69, 9.17) is 10.2 Å². The van der Waals surface area contributed by atoms with E-state index in [0.717, 1.165) is 0 Å². The number of carboxylic acids is 2. The van der Waals surface area contributed by atoms with Crippen molar-refractivity contribution in [2.24, 2.45) is 0 Å². The predicted molar refractivity (Wildman–Crippen MR) is 38.4 cm³/mol. The van der Waals surface area contributed by atoms with Crippen molar-refractivity contribution >= 4 is 11.9 Å². The van der Waals surface area contributed by atoms with Crippen molar-refractivity contribution in [2.75, 3.05) is 0 Å². The van der Waals surface area contributed by atoms with E-state index >= 15 is 0 Å². The van der Waals surface area contributed by atoms with Crippen LogP contribution in [0.1, 0.15) is 32.1 Å². The Hall–Kier alpha value is -0.190. The van der Waals surface area contributed by atoms with E-state index in [1.54, 1.807) is 0 Å². The molecule has 0 amide bonds. The van der Waals surface area contributed by atoms with Crippen LogP contribution in [0.5, 0.6) is 0 Å². The van der Waals surface area contributed by atoms with Gasteiger partial charge in [-0.05, 0) is 12.8 Å². The Kier molecular flexibility index (Phi) is 10.6. The van der Waals surface area contributed by atoms with Crippen molar-refractivity contribution < 1.29 is 45.6 Å². The summed E-state index contributed by atoms with van der Waals surface area (Å²) in [7, 11) is 0. The number of hydrogen-bond donors (Lipinski definition) is 2. The third-order valence-electron chi connectivity index (χ3n) is 1.28. The van der Waals surface area contributed by atoms with Gasteiger partial charge in [-0.2, -0.15) is 0 Å². The minimum Gasteiger partial charge on any atom is -0.481 e. The molecule has 0 atom stereocenters. The SMILES string of the molecule is O=C(O)CCCCCC(=O)O.[Hf]. The molecule has 68 valence electrons. The first-order chi connectivity index (χ1) is 5.13. The normalized spacial score (nSPS) is 8.67. The monoisotopic (exact) mass is 340 g/mol. The molecule has 0 fully saturated rings. The average molecular weight is 339 g/mol. The third-order valence-corrected chi connectivity index (χ3v) is 1.28. The van der Waals surface area contributed by atoms with E-state index in [1.807, 2.05) is 0 Å². The predicted octanol–water partition coefficient (Wildman–Crippen LogP) is 1.10. The molecule has 0 spiro atoms. The Balaban J connectivity index is 0. The molecule has 5 heteroatoms. The standard InChI is InChI=1S/C7H12O4.Hf/c8-6(9)4-2-1-3-5-7(10)11;/h1-5H2,(H,8,9)(H,10,11);. The zero-order valence-electron chi connectivity index (χ0n) is 6.75. The first-order valence-corrected chi connectivity index (χ1v) is 3.56. The fourth-order valence-corrected chi connectivity index (χ4v) is 0.729. The minimum atomic E-state index is -0.819. The van der Waals surface area contributed by atoms with Crippen molar-refractivity contribution in [3.05, 3.63) is 0 Å². The van der Waals surface area contributed by atoms with Crippen LogP contribution < -0.4 is 0 Å². The Labute approximate surface area is 89.7 Å². The van der Waals surface area contributed by atoms with Crippen LogP contribution in [0.4, 0.5) is 0 Å². The zero-order chi connectivity index (χ0) is 8.69. The molecule has 2 N–H and O–H groups in total. The van der Waals surface area contributed by atoms with Gasteiger partial charge in [0, 0.05) is 38.7 Å². The molecule has 0 aromatic carbocycles. The number of carbonyl (C=O) groups is 2. The Bertz CT molecular complexity index is 130. The summed E-state index contributed by atoms with van der Waals surface area (Å²) in [6.07, 6.45) is 2.10. The second kappa shape index (κ2) is 8.90. The summed E-state index contributed by atoms with van der Waals surface area (Å²) < 4.78 is 0. The van der Waals surface area contributed by atoms with E-state index in [2.05, 4.69) is 0 Å². The topological polar surface area (TPSA) is 74.6 Å². The summed E-state index contributed by atoms with van der Waals surface area (Å²) in [4.78, 5) is 20.0. The molecule has 0 unspecified atom stereocenters. The molecule has 4 nitrogen and oxygen atoms in total. The van der Waals surface area contributed by atoms with Crippen molar-refractivity contribution in [3.63, 3.8) is 0 Å². The van der Waals surface area contributed by atoms with Crippen LogP contribution in [0.2, 0.25) is 0 Å². The molecule has 0 saturated carbocycles. The number of unbranched alkanes of at least 4 members (excludes halogenated alkanes) is 2. The van der Waals surface area contributed by atoms with Crippen LogP contribution >= 0.6 is 0 Å². The van der Waals surface area contributed by atoms with Crippen molar-refractivity contribution in [1.29, 1.82) is 0 Å². The van der Waals surface area contributed by atoms with Crippen molar-refractivity contribution in [1.82, 2.24) is 0 Å². The van der Waals surface area contributed by atoms with Gasteiger partial charge in [0.1, 0.15) is 0 Å². The van der Waals surface area contributed by atoms with Gasteiger partial charge < -0.3 is 10.2 Å². The number of aliphatic carboxylic acids is 2. The molecular weight excluding hydrogens is 327 g/mol. The van der Waals surface area contributed by atoms with Crippen LogP contribution in [0, 0.1) is 0 Å². The van der Waals surface area contributed by atoms with Gasteiger partial charge in [-0.1, -0.05) is 6.42 Å². The molecular formula is C7H12HfO4. The van der Waals surface area contributed by atoms with E-state index in [-0.39, 0.29) is 38.7 Å². The Morgan fingerprint density at radius 1 is 0.833 bits per heavy atom. The van der Waals surface area contributed by atoms with E-state index < -0.39 is 11.9 Å². The quantitative estimate of drug-likeness (QED) is 0.562. The second-order valence-corrected chi connectivity index (χ2v) is 2.35. The molecule has 0 aromatic heterocycles. The van der Waals surface area contributed by atoms with Crippen LogP contribution in [-0.4, -0.2) is 22.2 Å². The van der Waals surface area contributed by atoms with Gasteiger partial charge in [-0.25, -0.2) is 0 Å². The fraction of sp³-hybridized carbons (Fsp3) is 0.714. The smallest absolute Gasteiger partial charge is 0.303 e. The van der Waals surface area contributed by atoms with Crippen LogP contribution in [-0.2, 0) is 35.4 Å². The zero-order valence-corrected chi connectivity index (χ0v) is 10.3. The number of carboxylic acid groups (broad SMARTS) is 2. The molecule has 0 bridgehead atoms. The molecule has 0 aliphatic rings. The molecule has 12 heavy (non-hydrogen) atoms. The first-order valence-electron chi connectivity index (χ1n) is 3.56. The van der Waals surface area contributed by atoms with E-state index in [0.29, 0.717) is 19.3 Å². The maximum Gasteiger partial charge on any atom is 0.303 e. The van der Waals surface area contributed by atoms with Gasteiger partial charge >= 0.3 is 11.9 Å². The summed E-state index contributed by atoms with van der Waals surface area (Å²) in [5, 5.41) is 16.4. The maximum absolute atomic E-state index is 9.98. The van der Waals surface area contributed by atoms with E-state index in [1.165, 1.54) is 0 Å². The molecule has 0 aliphatic carbocycles. The molecule has 0 aliphatic heterocycles. The average Bonchev–Trinajstić information content (AvgIpc) is 1.85. The number of rotatable bonds is 6. The van der Waals surface area contributed by atoms with Crippen molar-refractivity contribution in [2.45, 2.75) is 32.1 Å². The van der Waals surface area contributed by atoms with Gasteiger partial charge in [0.2, 0.25) is 0 Å². The van der Waals surface area contributed by atoms with Crippen LogP contribution in [0.3, 0.4) is 0 Å². The maximum atomic E-state index is 9.98. The first kappa shape index (κ1) is 14.3. The minimum absolute atomic E-state index is 0. The van der Waals surface area contributed by atoms with Crippen LogP contribution in [0.15, 0.2) is 0 Å².